The lowest BCUT2D eigenvalue weighted by molar-refractivity contribution is -0.142. The van der Waals surface area contributed by atoms with E-state index in [4.69, 9.17) is 4.74 Å². The van der Waals surface area contributed by atoms with Gasteiger partial charge < -0.3 is 9.84 Å². The fraction of sp³-hybridized carbons (Fsp3) is 0.538. The molecule has 0 spiro atoms. The molecule has 1 saturated heterocycles. The molecule has 0 radical (unpaired) electrons. The van der Waals surface area contributed by atoms with Gasteiger partial charge in [-0.2, -0.15) is 0 Å². The molecule has 2 N–H and O–H groups in total. The number of hydrogen-bond acceptors (Lipinski definition) is 6. The van der Waals surface area contributed by atoms with E-state index >= 15 is 0 Å². The van der Waals surface area contributed by atoms with Gasteiger partial charge >= 0.3 is 5.97 Å². The molecule has 0 saturated carbocycles. The number of nitrogens with one attached hydrogen (secondary N) is 1. The maximum absolute atomic E-state index is 12.7. The summed E-state index contributed by atoms with van der Waals surface area (Å²) in [6.45, 7) is 5.53. The summed E-state index contributed by atoms with van der Waals surface area (Å²) in [6.07, 6.45) is 13.6. The molecule has 2 aliphatic heterocycles. The molecule has 180 valence electrons. The van der Waals surface area contributed by atoms with E-state index in [1.54, 1.807) is 19.1 Å². The molecular weight excluding hydrogens is 433 g/mol. The predicted molar refractivity (Wildman–Crippen MR) is 125 cm³/mol. The Kier molecular flexibility index (Phi) is 10.5. The number of piperidine rings is 1. The van der Waals surface area contributed by atoms with Crippen LogP contribution in [0.25, 0.3) is 0 Å². The van der Waals surface area contributed by atoms with E-state index in [0.29, 0.717) is 0 Å². The van der Waals surface area contributed by atoms with Gasteiger partial charge in [-0.15, -0.1) is 0 Å². The van der Waals surface area contributed by atoms with Crippen LogP contribution in [-0.4, -0.2) is 40.9 Å². The van der Waals surface area contributed by atoms with Gasteiger partial charge in [0.2, 0.25) is 11.8 Å². The topological polar surface area (TPSA) is 110 Å². The number of cyclic esters (lactones) is 1. The SMILES string of the molecule is C/[13C](=C\[13CH](C)C(=O)[13CH2]C(O)[13CH2]C1[13CH2]C(=O)NC(=O)[13CH2]1)C1OC(=O)/[13CH]=C/[13CH2]C/[13CH]=C/[13CH]=C\[13CH]1C. The van der Waals surface area contributed by atoms with Gasteiger partial charge in [0, 0.05) is 37.2 Å². The van der Waals surface area contributed by atoms with Crippen LogP contribution in [0.5, 0.6) is 0 Å². The second-order valence-corrected chi connectivity index (χ2v) is 9.01. The third-order valence-electron chi connectivity index (χ3n) is 5.88. The maximum atomic E-state index is 12.7. The molecule has 33 heavy (non-hydrogen) atoms. The van der Waals surface area contributed by atoms with Crippen LogP contribution in [0.3, 0.4) is 0 Å². The predicted octanol–water partition coefficient (Wildman–Crippen LogP) is 3.34. The molecular formula is C26H35NO6. The van der Waals surface area contributed by atoms with Crippen molar-refractivity contribution in [1.29, 1.82) is 0 Å². The highest BCUT2D eigenvalue weighted by Gasteiger charge is 2.28. The molecule has 4 unspecified atom stereocenters. The average molecular weight is 468 g/mol. The first kappa shape index (κ1) is 26.5. The van der Waals surface area contributed by atoms with Crippen molar-refractivity contribution in [3.8, 4) is 0 Å². The monoisotopic (exact) mass is 468 g/mol. The molecule has 7 nitrogen and oxygen atoms in total. The Morgan fingerprint density at radius 3 is 2.55 bits per heavy atom. The summed E-state index contributed by atoms with van der Waals surface area (Å²) in [7, 11) is 0. The number of imide groups is 1. The molecule has 0 aromatic carbocycles. The highest BCUT2D eigenvalue weighted by atomic mass is 16.6. The van der Waals surface area contributed by atoms with E-state index in [1.165, 1.54) is 6.08 Å². The Labute approximate surface area is 195 Å². The van der Waals surface area contributed by atoms with Crippen molar-refractivity contribution in [2.24, 2.45) is 17.8 Å². The van der Waals surface area contributed by atoms with Gasteiger partial charge in [0.15, 0.2) is 0 Å². The van der Waals surface area contributed by atoms with Crippen molar-refractivity contribution in [3.63, 3.8) is 0 Å². The van der Waals surface area contributed by atoms with Crippen molar-refractivity contribution >= 4 is 23.6 Å². The number of ether oxygens (including phenoxy) is 1. The van der Waals surface area contributed by atoms with Crippen molar-refractivity contribution in [3.05, 3.63) is 48.1 Å². The Bertz CT molecular complexity index is 837. The zero-order valence-corrected chi connectivity index (χ0v) is 19.7. The summed E-state index contributed by atoms with van der Waals surface area (Å²) in [5.74, 6) is -2.10. The van der Waals surface area contributed by atoms with Gasteiger partial charge in [-0.05, 0) is 37.7 Å². The summed E-state index contributed by atoms with van der Waals surface area (Å²) in [5, 5.41) is 12.6. The van der Waals surface area contributed by atoms with Crippen molar-refractivity contribution < 1.29 is 29.0 Å². The van der Waals surface area contributed by atoms with Crippen LogP contribution in [0.1, 0.15) is 59.3 Å². The molecule has 0 aromatic rings. The summed E-state index contributed by atoms with van der Waals surface area (Å²) < 4.78 is 5.68. The third-order valence-corrected chi connectivity index (χ3v) is 5.88. The molecule has 2 amide bonds. The molecule has 1 fully saturated rings. The van der Waals surface area contributed by atoms with E-state index in [2.05, 4.69) is 5.32 Å². The van der Waals surface area contributed by atoms with Crippen molar-refractivity contribution in [2.45, 2.75) is 71.5 Å². The largest absolute Gasteiger partial charge is 0.454 e. The molecule has 2 heterocycles. The zero-order chi connectivity index (χ0) is 24.4. The summed E-state index contributed by atoms with van der Waals surface area (Å²) in [6, 6.07) is 0. The minimum Gasteiger partial charge on any atom is -0.454 e. The number of aliphatic hydroxyl groups is 1. The lowest BCUT2D eigenvalue weighted by Gasteiger charge is -2.24. The Morgan fingerprint density at radius 2 is 1.85 bits per heavy atom. The van der Waals surface area contributed by atoms with Crippen LogP contribution in [-0.2, 0) is 23.9 Å². The quantitative estimate of drug-likeness (QED) is 0.257. The number of Topliss-reactive ketones (excluding diaryl/α,β-unsaturated/α-hetero) is 1. The average Bonchev–Trinajstić information content (AvgIpc) is 2.71. The number of rotatable bonds is 7. The van der Waals surface area contributed by atoms with E-state index < -0.39 is 24.1 Å². The zero-order valence-electron chi connectivity index (χ0n) is 19.7. The van der Waals surface area contributed by atoms with Crippen molar-refractivity contribution in [2.75, 3.05) is 0 Å². The van der Waals surface area contributed by atoms with Gasteiger partial charge in [-0.25, -0.2) is 4.79 Å². The van der Waals surface area contributed by atoms with Crippen LogP contribution in [0.2, 0.25) is 0 Å². The number of esters is 1. The summed E-state index contributed by atoms with van der Waals surface area (Å²) in [5.41, 5.74) is 0.764. The van der Waals surface area contributed by atoms with E-state index in [0.717, 1.165) is 18.4 Å². The normalized spacial score (nSPS) is 27.9. The number of allylic oxidation sites excluding steroid dienone is 5. The first-order valence-corrected chi connectivity index (χ1v) is 11.6. The van der Waals surface area contributed by atoms with E-state index in [1.807, 2.05) is 38.2 Å². The lowest BCUT2D eigenvalue weighted by Crippen LogP contribution is -2.39. The molecule has 0 bridgehead atoms. The molecule has 0 aromatic heterocycles. The van der Waals surface area contributed by atoms with Gasteiger partial charge in [0.25, 0.3) is 0 Å². The van der Waals surface area contributed by atoms with Crippen LogP contribution in [0.4, 0.5) is 0 Å². The fourth-order valence-electron chi connectivity index (χ4n) is 4.16. The second-order valence-electron chi connectivity index (χ2n) is 9.01. The van der Waals surface area contributed by atoms with Gasteiger partial charge in [-0.3, -0.25) is 19.7 Å². The highest BCUT2D eigenvalue weighted by molar-refractivity contribution is 5.97. The van der Waals surface area contributed by atoms with E-state index in [-0.39, 0.29) is 55.1 Å². The van der Waals surface area contributed by atoms with E-state index in [9.17, 15) is 24.3 Å². The van der Waals surface area contributed by atoms with Gasteiger partial charge in [-0.1, -0.05) is 50.3 Å². The lowest BCUT2D eigenvalue weighted by atomic mass is 10.3. The number of carbonyl (C=O) groups excluding carboxylic acids is 4. The van der Waals surface area contributed by atoms with Crippen LogP contribution in [0, 0.1) is 17.8 Å². The number of aliphatic hydroxyl groups excluding tert-OH is 1. The first-order valence-electron chi connectivity index (χ1n) is 11.6. The molecule has 7 heteroatoms. The smallest absolute Gasteiger partial charge is 0.331 e. The Balaban J connectivity index is 2.01. The highest BCUT2D eigenvalue weighted by Crippen LogP contribution is 2.24. The number of hydrogen-bond donors (Lipinski definition) is 2. The maximum Gasteiger partial charge on any atom is 0.331 e. The number of carbonyl (C=O) groups is 4. The Morgan fingerprint density at radius 1 is 1.18 bits per heavy atom. The number of amides is 2. The van der Waals surface area contributed by atoms with Gasteiger partial charge in [0.05, 0.1) is 6.10 Å². The first-order chi connectivity index (χ1) is 15.7. The van der Waals surface area contributed by atoms with Crippen molar-refractivity contribution in [1.82, 2.24) is 5.32 Å². The summed E-state index contributed by atoms with van der Waals surface area (Å²) >= 11 is 0. The second kappa shape index (κ2) is 13.0. The molecule has 2 aliphatic rings. The Hall–Kier alpha value is -2.80. The standard InChI is InChI=1S/C26H35NO6/c1-17-10-8-6-4-5-7-9-11-25(32)33-26(17)19(3)12-18(2)22(29)16-21(28)13-20-14-23(30)27-24(31)15-20/h4,6,8-12,17-18,20-21,26,28H,5,7,13-16H2,1-3H3,(H,27,30,31)/b6-4+,10-8-,11-9+,19-12+/i4+1,7+1,8+1,11+1,13+1,14+1,15+1,16+1,17+1,18+1,19+1. The minimum absolute atomic E-state index is 0.0648. The third kappa shape index (κ3) is 9.30. The van der Waals surface area contributed by atoms with Gasteiger partial charge in [0.1, 0.15) is 11.9 Å². The van der Waals surface area contributed by atoms with Crippen LogP contribution >= 0.6 is 0 Å². The fourth-order valence-corrected chi connectivity index (χ4v) is 4.16. The molecule has 4 atom stereocenters. The molecule has 0 aliphatic carbocycles. The van der Waals surface area contributed by atoms with Crippen LogP contribution in [0.15, 0.2) is 48.1 Å². The number of ketones is 1. The minimum atomic E-state index is -0.921. The van der Waals surface area contributed by atoms with Crippen LogP contribution < -0.4 is 5.32 Å². The summed E-state index contributed by atoms with van der Waals surface area (Å²) in [4.78, 5) is 47.9. The molecule has 2 rings (SSSR count).